The van der Waals surface area contributed by atoms with Crippen LogP contribution in [0.1, 0.15) is 296 Å². The molecule has 0 rings (SSSR count). The molecule has 0 saturated carbocycles. The number of allylic oxidation sites excluding steroid dienone is 16. The molecule has 9 nitrogen and oxygen atoms in total. The number of rotatable bonds is 62. The summed E-state index contributed by atoms with van der Waals surface area (Å²) in [4.78, 5) is 35.7. The highest BCUT2D eigenvalue weighted by atomic mass is 31.2. The molecule has 0 bridgehead atoms. The Hall–Kier alpha value is -3.07. The summed E-state index contributed by atoms with van der Waals surface area (Å²) in [6.45, 7) is 4.20. The lowest BCUT2D eigenvalue weighted by atomic mass is 10.0. The lowest BCUT2D eigenvalue weighted by Crippen LogP contribution is -2.37. The van der Waals surface area contributed by atoms with Gasteiger partial charge in [-0.15, -0.1) is 0 Å². The molecule has 0 fully saturated rings. The molecule has 2 atom stereocenters. The van der Waals surface area contributed by atoms with E-state index in [0.717, 1.165) is 89.9 Å². The Kier molecular flexibility index (Phi) is 60.1. The number of carbonyl (C=O) groups is 2. The van der Waals surface area contributed by atoms with Crippen molar-refractivity contribution in [2.75, 3.05) is 47.5 Å². The average molecular weight is 1170 g/mol. The van der Waals surface area contributed by atoms with Gasteiger partial charge in [-0.1, -0.05) is 291 Å². The highest BCUT2D eigenvalue weighted by Gasteiger charge is 2.27. The lowest BCUT2D eigenvalue weighted by molar-refractivity contribution is -0.870. The predicted molar refractivity (Wildman–Crippen MR) is 353 cm³/mol. The maximum Gasteiger partial charge on any atom is 0.472 e. The zero-order valence-corrected chi connectivity index (χ0v) is 54.8. The van der Waals surface area contributed by atoms with Crippen molar-refractivity contribution < 1.29 is 42.1 Å². The van der Waals surface area contributed by atoms with Crippen molar-refractivity contribution in [3.63, 3.8) is 0 Å². The minimum absolute atomic E-state index is 0.0256. The second-order valence-electron chi connectivity index (χ2n) is 23.8. The third-order valence-electron chi connectivity index (χ3n) is 14.6. The van der Waals surface area contributed by atoms with Gasteiger partial charge in [0.05, 0.1) is 27.7 Å². The minimum Gasteiger partial charge on any atom is -0.462 e. The van der Waals surface area contributed by atoms with Gasteiger partial charge in [-0.05, 0) is 89.9 Å². The number of ether oxygens (including phenoxy) is 2. The number of phosphoric ester groups is 1. The van der Waals surface area contributed by atoms with Crippen LogP contribution in [0.15, 0.2) is 97.2 Å². The summed E-state index contributed by atoms with van der Waals surface area (Å²) in [7, 11) is 1.46. The van der Waals surface area contributed by atoms with Crippen molar-refractivity contribution in [2.45, 2.75) is 302 Å². The second-order valence-corrected chi connectivity index (χ2v) is 25.3. The van der Waals surface area contributed by atoms with E-state index in [2.05, 4.69) is 111 Å². The molecule has 0 aromatic rings. The van der Waals surface area contributed by atoms with E-state index >= 15 is 0 Å². The van der Waals surface area contributed by atoms with Crippen LogP contribution in [-0.2, 0) is 32.7 Å². The van der Waals surface area contributed by atoms with Gasteiger partial charge < -0.3 is 18.9 Å². The van der Waals surface area contributed by atoms with Crippen LogP contribution in [0.2, 0.25) is 0 Å². The van der Waals surface area contributed by atoms with Crippen LogP contribution in [0.3, 0.4) is 0 Å². The van der Waals surface area contributed by atoms with Crippen molar-refractivity contribution in [3.8, 4) is 0 Å². The Morgan fingerprint density at radius 1 is 0.378 bits per heavy atom. The highest BCUT2D eigenvalue weighted by Crippen LogP contribution is 2.43. The Morgan fingerprint density at radius 3 is 0.976 bits per heavy atom. The molecule has 10 heteroatoms. The van der Waals surface area contributed by atoms with Gasteiger partial charge in [-0.25, -0.2) is 4.57 Å². The maximum absolute atomic E-state index is 12.8. The number of carbonyl (C=O) groups excluding carboxylic acids is 2. The monoisotopic (exact) mass is 1170 g/mol. The molecule has 0 aromatic carbocycles. The molecule has 0 heterocycles. The van der Waals surface area contributed by atoms with E-state index in [9.17, 15) is 19.0 Å². The SMILES string of the molecule is CC/C=C\C/C=C\C/C=C\C/C=C\CCCCCCCCCCCCCCCCCCCCCCCCCCCCCCC(=O)OC(COC(=O)CCCCCC/C=C\C/C=C\C/C=C\C/C=C\CC)COP(=O)(O)OCC[N+](C)(C)C. The summed E-state index contributed by atoms with van der Waals surface area (Å²) < 4.78 is 34.6. The van der Waals surface area contributed by atoms with Gasteiger partial charge in [0.15, 0.2) is 6.10 Å². The van der Waals surface area contributed by atoms with E-state index in [-0.39, 0.29) is 32.0 Å². The predicted octanol–water partition coefficient (Wildman–Crippen LogP) is 21.9. The summed E-state index contributed by atoms with van der Waals surface area (Å²) in [5.74, 6) is -0.818. The number of hydrogen-bond acceptors (Lipinski definition) is 7. The van der Waals surface area contributed by atoms with Crippen LogP contribution in [0.4, 0.5) is 0 Å². The largest absolute Gasteiger partial charge is 0.472 e. The first-order valence-electron chi connectivity index (χ1n) is 34.0. The minimum atomic E-state index is -4.40. The van der Waals surface area contributed by atoms with Gasteiger partial charge >= 0.3 is 19.8 Å². The van der Waals surface area contributed by atoms with E-state index in [1.54, 1.807) is 0 Å². The lowest BCUT2D eigenvalue weighted by Gasteiger charge is -2.24. The van der Waals surface area contributed by atoms with Gasteiger partial charge in [0.25, 0.3) is 0 Å². The number of nitrogens with zero attached hydrogens (tertiary/aromatic N) is 1. The van der Waals surface area contributed by atoms with Gasteiger partial charge in [-0.3, -0.25) is 18.6 Å². The summed E-state index contributed by atoms with van der Waals surface area (Å²) in [5.41, 5.74) is 0. The zero-order valence-electron chi connectivity index (χ0n) is 54.0. The normalized spacial score (nSPS) is 13.8. The van der Waals surface area contributed by atoms with Crippen LogP contribution in [0.5, 0.6) is 0 Å². The van der Waals surface area contributed by atoms with Gasteiger partial charge in [0, 0.05) is 12.8 Å². The number of hydrogen-bond donors (Lipinski definition) is 1. The van der Waals surface area contributed by atoms with Crippen LogP contribution in [-0.4, -0.2) is 74.9 Å². The number of phosphoric acid groups is 1. The van der Waals surface area contributed by atoms with Crippen LogP contribution in [0, 0.1) is 0 Å². The first kappa shape index (κ1) is 78.9. The van der Waals surface area contributed by atoms with Crippen molar-refractivity contribution in [1.82, 2.24) is 0 Å². The Morgan fingerprint density at radius 2 is 0.659 bits per heavy atom. The number of likely N-dealkylation sites (N-methyl/N-ethyl adjacent to an activating group) is 1. The highest BCUT2D eigenvalue weighted by molar-refractivity contribution is 7.47. The van der Waals surface area contributed by atoms with E-state index < -0.39 is 26.5 Å². The van der Waals surface area contributed by atoms with E-state index in [1.165, 1.54) is 167 Å². The number of unbranched alkanes of at least 4 members (excludes halogenated alkanes) is 32. The van der Waals surface area contributed by atoms with Crippen LogP contribution < -0.4 is 0 Å². The average Bonchev–Trinajstić information content (AvgIpc) is 3.45. The quantitative estimate of drug-likeness (QED) is 0.0211. The third-order valence-corrected chi connectivity index (χ3v) is 15.6. The summed E-state index contributed by atoms with van der Waals surface area (Å²) in [5, 5.41) is 0. The first-order chi connectivity index (χ1) is 40.0. The summed E-state index contributed by atoms with van der Waals surface area (Å²) >= 11 is 0. The molecule has 0 aliphatic carbocycles. The first-order valence-corrected chi connectivity index (χ1v) is 35.5. The molecule has 0 aromatic heterocycles. The van der Waals surface area contributed by atoms with Crippen molar-refractivity contribution in [3.05, 3.63) is 97.2 Å². The fourth-order valence-corrected chi connectivity index (χ4v) is 10.2. The Balaban J connectivity index is 3.91. The molecule has 0 aliphatic rings. The summed E-state index contributed by atoms with van der Waals surface area (Å²) in [6, 6.07) is 0. The fraction of sp³-hybridized carbons (Fsp3) is 0.750. The molecule has 0 aliphatic heterocycles. The van der Waals surface area contributed by atoms with Crippen molar-refractivity contribution >= 4 is 19.8 Å². The van der Waals surface area contributed by atoms with E-state index in [4.69, 9.17) is 18.5 Å². The van der Waals surface area contributed by atoms with Crippen LogP contribution in [0.25, 0.3) is 0 Å². The molecular formula is C72H129NO8P+. The molecule has 82 heavy (non-hydrogen) atoms. The molecule has 2 unspecified atom stereocenters. The standard InChI is InChI=1S/C72H128NO8P/c1-6-8-10-12-14-16-18-20-22-24-25-26-27-28-29-30-31-32-33-34-35-36-37-38-39-40-41-42-43-44-45-46-47-49-51-53-55-57-59-61-63-65-72(75)81-70(69-80-82(76,77)79-67-66-73(3,4)5)68-78-71(74)64-62-60-58-56-54-52-50-48-23-21-19-17-15-13-11-9-7-2/h8-11,14-17,20-23,25-26,50,52,70H,6-7,12-13,18-19,24,27-49,51,53-69H2,1-5H3/p+1/b10-8-,11-9-,16-14-,17-15-,22-20-,23-21-,26-25-,52-50-. The molecule has 0 spiro atoms. The molecule has 474 valence electrons. The van der Waals surface area contributed by atoms with Gasteiger partial charge in [-0.2, -0.15) is 0 Å². The molecular weight excluding hydrogens is 1040 g/mol. The fourth-order valence-electron chi connectivity index (χ4n) is 9.47. The number of esters is 2. The van der Waals surface area contributed by atoms with E-state index in [1.807, 2.05) is 21.1 Å². The van der Waals surface area contributed by atoms with E-state index in [0.29, 0.717) is 23.9 Å². The van der Waals surface area contributed by atoms with Crippen molar-refractivity contribution in [1.29, 1.82) is 0 Å². The smallest absolute Gasteiger partial charge is 0.462 e. The topological polar surface area (TPSA) is 108 Å². The third kappa shape index (κ3) is 66.1. The Labute approximate surface area is 506 Å². The molecule has 0 radical (unpaired) electrons. The van der Waals surface area contributed by atoms with Gasteiger partial charge in [0.1, 0.15) is 19.8 Å². The Bertz CT molecular complexity index is 1710. The zero-order chi connectivity index (χ0) is 59.8. The summed E-state index contributed by atoms with van der Waals surface area (Å²) in [6.07, 6.45) is 86.8. The second kappa shape index (κ2) is 62.5. The number of quaternary nitrogens is 1. The van der Waals surface area contributed by atoms with Crippen molar-refractivity contribution in [2.24, 2.45) is 0 Å². The maximum atomic E-state index is 12.8. The van der Waals surface area contributed by atoms with Gasteiger partial charge in [0.2, 0.25) is 0 Å². The molecule has 0 amide bonds. The molecule has 1 N–H and O–H groups in total. The molecule has 0 saturated heterocycles. The van der Waals surface area contributed by atoms with Crippen LogP contribution >= 0.6 is 7.82 Å².